The summed E-state index contributed by atoms with van der Waals surface area (Å²) in [5.74, 6) is -0.641. The van der Waals surface area contributed by atoms with Crippen molar-refractivity contribution in [2.45, 2.75) is 4.87 Å². The Bertz CT molecular complexity index is 780. The van der Waals surface area contributed by atoms with E-state index in [2.05, 4.69) is 20.8 Å². The molecule has 2 N–H and O–H groups in total. The number of halogens is 1. The monoisotopic (exact) mass is 300 g/mol. The molecule has 5 nitrogen and oxygen atoms in total. The number of aromatic nitrogens is 1. The van der Waals surface area contributed by atoms with E-state index in [0.29, 0.717) is 16.3 Å². The SMILES string of the molecule is O=C1Nc2ccc(F)cc2C12NN=C(c1cccnc1)S2. The molecule has 1 atom stereocenters. The first-order chi connectivity index (χ1) is 10.2. The lowest BCUT2D eigenvalue weighted by molar-refractivity contribution is -0.118. The van der Waals surface area contributed by atoms with Crippen molar-refractivity contribution in [2.24, 2.45) is 5.10 Å². The topological polar surface area (TPSA) is 66.4 Å². The number of thioether (sulfide) groups is 1. The van der Waals surface area contributed by atoms with Crippen LogP contribution in [0.5, 0.6) is 0 Å². The van der Waals surface area contributed by atoms with Crippen LogP contribution >= 0.6 is 11.8 Å². The molecule has 4 rings (SSSR count). The molecule has 2 aliphatic heterocycles. The third-order valence-electron chi connectivity index (χ3n) is 3.40. The highest BCUT2D eigenvalue weighted by molar-refractivity contribution is 8.16. The predicted octanol–water partition coefficient (Wildman–Crippen LogP) is 2.02. The van der Waals surface area contributed by atoms with Gasteiger partial charge in [-0.1, -0.05) is 11.8 Å². The molecule has 21 heavy (non-hydrogen) atoms. The van der Waals surface area contributed by atoms with Crippen molar-refractivity contribution in [1.29, 1.82) is 0 Å². The summed E-state index contributed by atoms with van der Waals surface area (Å²) in [6.07, 6.45) is 3.34. The summed E-state index contributed by atoms with van der Waals surface area (Å²) in [6, 6.07) is 7.89. The van der Waals surface area contributed by atoms with Gasteiger partial charge in [0.25, 0.3) is 5.91 Å². The maximum Gasteiger partial charge on any atom is 0.267 e. The van der Waals surface area contributed by atoms with Crippen LogP contribution in [-0.4, -0.2) is 15.9 Å². The van der Waals surface area contributed by atoms with Crippen molar-refractivity contribution < 1.29 is 9.18 Å². The fourth-order valence-electron chi connectivity index (χ4n) is 2.39. The van der Waals surface area contributed by atoms with E-state index in [1.165, 1.54) is 23.9 Å². The third-order valence-corrected chi connectivity index (χ3v) is 4.73. The van der Waals surface area contributed by atoms with E-state index in [9.17, 15) is 9.18 Å². The summed E-state index contributed by atoms with van der Waals surface area (Å²) in [5, 5.41) is 7.63. The van der Waals surface area contributed by atoms with Gasteiger partial charge >= 0.3 is 0 Å². The lowest BCUT2D eigenvalue weighted by Gasteiger charge is -2.19. The van der Waals surface area contributed by atoms with Gasteiger partial charge in [-0.15, -0.1) is 0 Å². The Morgan fingerprint density at radius 3 is 3.00 bits per heavy atom. The van der Waals surface area contributed by atoms with Crippen LogP contribution in [0.1, 0.15) is 11.1 Å². The van der Waals surface area contributed by atoms with Gasteiger partial charge in [-0.2, -0.15) is 5.10 Å². The van der Waals surface area contributed by atoms with E-state index < -0.39 is 4.87 Å². The number of rotatable bonds is 1. The molecule has 0 radical (unpaired) electrons. The van der Waals surface area contributed by atoms with Crippen LogP contribution in [-0.2, 0) is 9.67 Å². The van der Waals surface area contributed by atoms with Crippen LogP contribution in [0.25, 0.3) is 0 Å². The molecule has 1 unspecified atom stereocenters. The second-order valence-corrected chi connectivity index (χ2v) is 5.90. The molecule has 3 heterocycles. The van der Waals surface area contributed by atoms with E-state index in [1.807, 2.05) is 6.07 Å². The molecular formula is C14H9FN4OS. The minimum Gasteiger partial charge on any atom is -0.323 e. The van der Waals surface area contributed by atoms with Crippen molar-refractivity contribution in [1.82, 2.24) is 10.4 Å². The fourth-order valence-corrected chi connectivity index (χ4v) is 3.53. The molecule has 2 aromatic rings. The van der Waals surface area contributed by atoms with Crippen molar-refractivity contribution in [3.05, 3.63) is 59.7 Å². The molecule has 0 bridgehead atoms. The number of pyridine rings is 1. The Balaban J connectivity index is 1.76. The molecular weight excluding hydrogens is 291 g/mol. The first-order valence-electron chi connectivity index (χ1n) is 6.25. The zero-order chi connectivity index (χ0) is 14.4. The Morgan fingerprint density at radius 2 is 2.19 bits per heavy atom. The summed E-state index contributed by atoms with van der Waals surface area (Å²) in [4.78, 5) is 15.3. The Morgan fingerprint density at radius 1 is 1.29 bits per heavy atom. The van der Waals surface area contributed by atoms with Gasteiger partial charge in [-0.25, -0.2) is 4.39 Å². The van der Waals surface area contributed by atoms with Crippen LogP contribution in [0, 0.1) is 5.82 Å². The number of hydrogen-bond donors (Lipinski definition) is 2. The number of nitrogens with zero attached hydrogens (tertiary/aromatic N) is 2. The van der Waals surface area contributed by atoms with E-state index in [-0.39, 0.29) is 11.7 Å². The predicted molar refractivity (Wildman–Crippen MR) is 78.2 cm³/mol. The molecule has 7 heteroatoms. The highest BCUT2D eigenvalue weighted by Crippen LogP contribution is 2.48. The quantitative estimate of drug-likeness (QED) is 0.845. The largest absolute Gasteiger partial charge is 0.323 e. The van der Waals surface area contributed by atoms with E-state index in [1.54, 1.807) is 24.5 Å². The fraction of sp³-hybridized carbons (Fsp3) is 0.0714. The molecule has 0 aliphatic carbocycles. The number of carbonyl (C=O) groups is 1. The maximum atomic E-state index is 13.5. The maximum absolute atomic E-state index is 13.5. The number of amides is 1. The van der Waals surface area contributed by atoms with Gasteiger partial charge in [0.05, 0.1) is 0 Å². The Labute approximate surface area is 123 Å². The highest BCUT2D eigenvalue weighted by Gasteiger charge is 2.52. The van der Waals surface area contributed by atoms with Crippen molar-refractivity contribution in [2.75, 3.05) is 5.32 Å². The summed E-state index contributed by atoms with van der Waals surface area (Å²) in [5.41, 5.74) is 4.82. The number of benzene rings is 1. The van der Waals surface area contributed by atoms with Crippen molar-refractivity contribution >= 4 is 28.4 Å². The van der Waals surface area contributed by atoms with Crippen LogP contribution < -0.4 is 10.7 Å². The number of hydrazone groups is 1. The number of fused-ring (bicyclic) bond motifs is 2. The first-order valence-corrected chi connectivity index (χ1v) is 7.06. The molecule has 2 aliphatic rings. The molecule has 104 valence electrons. The second kappa shape index (κ2) is 4.29. The Kier molecular flexibility index (Phi) is 2.52. The normalized spacial score (nSPS) is 22.7. The highest BCUT2D eigenvalue weighted by atomic mass is 32.2. The van der Waals surface area contributed by atoms with E-state index in [0.717, 1.165) is 5.56 Å². The molecule has 0 saturated carbocycles. The number of nitrogens with one attached hydrogen (secondary N) is 2. The van der Waals surface area contributed by atoms with E-state index >= 15 is 0 Å². The van der Waals surface area contributed by atoms with Gasteiger partial charge < -0.3 is 5.32 Å². The minimum atomic E-state index is -1.11. The summed E-state index contributed by atoms with van der Waals surface area (Å²) in [7, 11) is 0. The lowest BCUT2D eigenvalue weighted by atomic mass is 10.1. The molecule has 0 fully saturated rings. The molecule has 1 aromatic carbocycles. The molecule has 1 spiro atoms. The van der Waals surface area contributed by atoms with Gasteiger partial charge in [0, 0.05) is 29.2 Å². The summed E-state index contributed by atoms with van der Waals surface area (Å²) < 4.78 is 13.5. The van der Waals surface area contributed by atoms with Gasteiger partial charge in [-0.05, 0) is 30.3 Å². The number of carbonyl (C=O) groups excluding carboxylic acids is 1. The molecule has 0 saturated heterocycles. The van der Waals surface area contributed by atoms with Gasteiger partial charge in [0.1, 0.15) is 10.9 Å². The van der Waals surface area contributed by atoms with Crippen molar-refractivity contribution in [3.8, 4) is 0 Å². The zero-order valence-electron chi connectivity index (χ0n) is 10.6. The number of hydrogen-bond acceptors (Lipinski definition) is 5. The van der Waals surface area contributed by atoms with Crippen LogP contribution in [0.2, 0.25) is 0 Å². The number of anilines is 1. The average molecular weight is 300 g/mol. The van der Waals surface area contributed by atoms with E-state index in [4.69, 9.17) is 0 Å². The van der Waals surface area contributed by atoms with Crippen LogP contribution in [0.4, 0.5) is 10.1 Å². The minimum absolute atomic E-state index is 0.254. The first kappa shape index (κ1) is 12.3. The molecule has 1 amide bonds. The third kappa shape index (κ3) is 1.74. The van der Waals surface area contributed by atoms with Gasteiger partial charge in [-0.3, -0.25) is 15.2 Å². The second-order valence-electron chi connectivity index (χ2n) is 4.70. The molecule has 1 aromatic heterocycles. The Hall–Kier alpha value is -2.41. The summed E-state index contributed by atoms with van der Waals surface area (Å²) in [6.45, 7) is 0. The standard InChI is InChI=1S/C14H9FN4OS/c15-9-3-4-11-10(6-9)14(13(20)17-11)19-18-12(21-14)8-2-1-5-16-7-8/h1-7,19H,(H,17,20). The van der Waals surface area contributed by atoms with Gasteiger partial charge in [0.2, 0.25) is 4.87 Å². The van der Waals surface area contributed by atoms with Crippen molar-refractivity contribution in [3.63, 3.8) is 0 Å². The average Bonchev–Trinajstić information content (AvgIpc) is 3.06. The summed E-state index contributed by atoms with van der Waals surface area (Å²) >= 11 is 1.25. The van der Waals surface area contributed by atoms with Crippen LogP contribution in [0.15, 0.2) is 47.8 Å². The van der Waals surface area contributed by atoms with Crippen LogP contribution in [0.3, 0.4) is 0 Å². The lowest BCUT2D eigenvalue weighted by Crippen LogP contribution is -2.39. The smallest absolute Gasteiger partial charge is 0.267 e. The zero-order valence-corrected chi connectivity index (χ0v) is 11.4. The van der Waals surface area contributed by atoms with Gasteiger partial charge in [0.15, 0.2) is 0 Å².